The molecule has 126 valence electrons. The first-order valence-corrected chi connectivity index (χ1v) is 8.79. The molecule has 2 aromatic rings. The van der Waals surface area contributed by atoms with Crippen molar-refractivity contribution < 1.29 is 9.90 Å². The van der Waals surface area contributed by atoms with Gasteiger partial charge in [0.15, 0.2) is 0 Å². The number of carboxylic acid groups (broad SMARTS) is 1. The number of hydrogen-bond donors (Lipinski definition) is 1. The number of pyridine rings is 1. The topological polar surface area (TPSA) is 57.8 Å². The van der Waals surface area contributed by atoms with Crippen LogP contribution in [0.15, 0.2) is 23.4 Å². The zero-order valence-corrected chi connectivity index (χ0v) is 15.7. The van der Waals surface area contributed by atoms with Crippen LogP contribution in [-0.4, -0.2) is 37.3 Å². The number of aryl methyl sites for hydroxylation is 1. The number of amides is 1. The van der Waals surface area contributed by atoms with Crippen LogP contribution < -0.4 is 0 Å². The number of thioether (sulfide) groups is 1. The van der Waals surface area contributed by atoms with Crippen LogP contribution in [-0.2, 0) is 5.54 Å². The lowest BCUT2D eigenvalue weighted by atomic mass is 9.94. The van der Waals surface area contributed by atoms with Crippen molar-refractivity contribution in [2.75, 3.05) is 6.26 Å². The second kappa shape index (κ2) is 5.74. The summed E-state index contributed by atoms with van der Waals surface area (Å²) in [6.07, 6.45) is 3.00. The molecule has 6 heteroatoms. The minimum atomic E-state index is -0.947. The predicted octanol–water partition coefficient (Wildman–Crippen LogP) is 4.38. The van der Waals surface area contributed by atoms with E-state index in [1.54, 1.807) is 11.8 Å². The Balaban J connectivity index is 2.76. The fourth-order valence-corrected chi connectivity index (χ4v) is 3.94. The van der Waals surface area contributed by atoms with Gasteiger partial charge in [0.1, 0.15) is 10.9 Å². The number of carbonyl (C=O) groups is 1. The Morgan fingerprint density at radius 3 is 2.39 bits per heavy atom. The summed E-state index contributed by atoms with van der Waals surface area (Å²) in [5.74, 6) is 0.734. The van der Waals surface area contributed by atoms with E-state index in [0.717, 1.165) is 21.9 Å². The summed E-state index contributed by atoms with van der Waals surface area (Å²) in [5.41, 5.74) is 0.866. The summed E-state index contributed by atoms with van der Waals surface area (Å²) in [5, 5.41) is 10.7. The Morgan fingerprint density at radius 2 is 1.91 bits per heavy atom. The fraction of sp³-hybridized carbons (Fsp3) is 0.529. The van der Waals surface area contributed by atoms with Crippen molar-refractivity contribution in [2.45, 2.75) is 57.6 Å². The van der Waals surface area contributed by atoms with Gasteiger partial charge in [-0.2, -0.15) is 0 Å². The van der Waals surface area contributed by atoms with E-state index in [4.69, 9.17) is 4.98 Å². The molecule has 23 heavy (non-hydrogen) atoms. The number of nitrogens with zero attached hydrogens (tertiary/aromatic N) is 3. The molecule has 5 nitrogen and oxygen atoms in total. The van der Waals surface area contributed by atoms with Crippen LogP contribution in [0.25, 0.3) is 5.52 Å². The van der Waals surface area contributed by atoms with Crippen LogP contribution in [0, 0.1) is 6.92 Å². The van der Waals surface area contributed by atoms with Crippen molar-refractivity contribution in [3.8, 4) is 0 Å². The number of fused-ring (bicyclic) bond motifs is 1. The van der Waals surface area contributed by atoms with Crippen LogP contribution in [0.5, 0.6) is 0 Å². The molecule has 0 saturated heterocycles. The molecule has 0 bridgehead atoms. The Morgan fingerprint density at radius 1 is 1.30 bits per heavy atom. The van der Waals surface area contributed by atoms with Crippen molar-refractivity contribution in [1.82, 2.24) is 14.3 Å². The van der Waals surface area contributed by atoms with E-state index >= 15 is 0 Å². The fourth-order valence-electron chi connectivity index (χ4n) is 3.31. The Kier molecular flexibility index (Phi) is 4.41. The van der Waals surface area contributed by atoms with E-state index < -0.39 is 17.2 Å². The van der Waals surface area contributed by atoms with Crippen LogP contribution in [0.3, 0.4) is 0 Å². The molecule has 2 aromatic heterocycles. The normalized spacial score (nSPS) is 12.7. The number of hydrogen-bond acceptors (Lipinski definition) is 3. The predicted molar refractivity (Wildman–Crippen MR) is 94.4 cm³/mol. The summed E-state index contributed by atoms with van der Waals surface area (Å²) in [6, 6.07) is 4.02. The minimum Gasteiger partial charge on any atom is -0.465 e. The van der Waals surface area contributed by atoms with Gasteiger partial charge in [-0.1, -0.05) is 6.07 Å². The minimum absolute atomic E-state index is 0.537. The second-order valence-electron chi connectivity index (χ2n) is 7.20. The molecule has 2 rings (SSSR count). The lowest BCUT2D eigenvalue weighted by molar-refractivity contribution is 0.0267. The number of aromatic nitrogens is 2. The molecule has 0 atom stereocenters. The first kappa shape index (κ1) is 17.7. The quantitative estimate of drug-likeness (QED) is 0.846. The highest BCUT2D eigenvalue weighted by Crippen LogP contribution is 2.36. The molecule has 0 unspecified atom stereocenters. The van der Waals surface area contributed by atoms with Gasteiger partial charge in [-0.15, -0.1) is 11.8 Å². The van der Waals surface area contributed by atoms with E-state index in [-0.39, 0.29) is 0 Å². The van der Waals surface area contributed by atoms with Gasteiger partial charge in [-0.25, -0.2) is 9.78 Å². The Bertz CT molecular complexity index is 744. The van der Waals surface area contributed by atoms with E-state index in [1.807, 2.05) is 70.5 Å². The van der Waals surface area contributed by atoms with Gasteiger partial charge in [-0.05, 0) is 59.4 Å². The van der Waals surface area contributed by atoms with Crippen molar-refractivity contribution in [2.24, 2.45) is 0 Å². The second-order valence-corrected chi connectivity index (χ2v) is 8.00. The lowest BCUT2D eigenvalue weighted by Gasteiger charge is -2.44. The third kappa shape index (κ3) is 2.92. The molecule has 0 aliphatic rings. The van der Waals surface area contributed by atoms with E-state index in [0.29, 0.717) is 0 Å². The smallest absolute Gasteiger partial charge is 0.408 e. The maximum absolute atomic E-state index is 11.9. The molecule has 0 aliphatic heterocycles. The molecule has 2 heterocycles. The van der Waals surface area contributed by atoms with E-state index in [9.17, 15) is 9.90 Å². The summed E-state index contributed by atoms with van der Waals surface area (Å²) in [7, 11) is 0. The molecule has 0 radical (unpaired) electrons. The van der Waals surface area contributed by atoms with Crippen molar-refractivity contribution in [3.63, 3.8) is 0 Å². The van der Waals surface area contributed by atoms with E-state index in [2.05, 4.69) is 0 Å². The summed E-state index contributed by atoms with van der Waals surface area (Å²) < 4.78 is 2.02. The van der Waals surface area contributed by atoms with Gasteiger partial charge in [0.25, 0.3) is 0 Å². The SMILES string of the molecule is CSc1nc(C(C)(C)N(C(=O)O)C(C)(C)C)n2cccc(C)c12. The van der Waals surface area contributed by atoms with Gasteiger partial charge in [0, 0.05) is 11.7 Å². The van der Waals surface area contributed by atoms with Crippen LogP contribution in [0.1, 0.15) is 46.0 Å². The number of rotatable bonds is 3. The van der Waals surface area contributed by atoms with Gasteiger partial charge >= 0.3 is 6.09 Å². The Labute approximate surface area is 141 Å². The molecule has 0 fully saturated rings. The van der Waals surface area contributed by atoms with E-state index in [1.165, 1.54) is 4.90 Å². The first-order chi connectivity index (χ1) is 10.5. The Hall–Kier alpha value is -1.69. The lowest BCUT2D eigenvalue weighted by Crippen LogP contribution is -2.55. The zero-order valence-electron chi connectivity index (χ0n) is 14.8. The average molecular weight is 335 g/mol. The van der Waals surface area contributed by atoms with Gasteiger partial charge in [0.2, 0.25) is 0 Å². The monoisotopic (exact) mass is 335 g/mol. The molecular weight excluding hydrogens is 310 g/mol. The highest BCUT2D eigenvalue weighted by molar-refractivity contribution is 7.98. The van der Waals surface area contributed by atoms with Crippen molar-refractivity contribution >= 4 is 23.4 Å². The maximum atomic E-state index is 11.9. The van der Waals surface area contributed by atoms with Crippen LogP contribution in [0.2, 0.25) is 0 Å². The number of imidazole rings is 1. The highest BCUT2D eigenvalue weighted by atomic mass is 32.2. The molecular formula is C17H25N3O2S. The first-order valence-electron chi connectivity index (χ1n) is 7.57. The highest BCUT2D eigenvalue weighted by Gasteiger charge is 2.43. The van der Waals surface area contributed by atoms with Crippen molar-refractivity contribution in [1.29, 1.82) is 0 Å². The summed E-state index contributed by atoms with van der Waals surface area (Å²) >= 11 is 1.58. The van der Waals surface area contributed by atoms with Gasteiger partial charge in [-0.3, -0.25) is 4.90 Å². The molecule has 1 N–H and O–H groups in total. The van der Waals surface area contributed by atoms with Crippen LogP contribution in [0.4, 0.5) is 4.79 Å². The molecule has 0 saturated carbocycles. The molecule has 0 aromatic carbocycles. The van der Waals surface area contributed by atoms with Crippen LogP contribution >= 0.6 is 11.8 Å². The van der Waals surface area contributed by atoms with Crippen molar-refractivity contribution in [3.05, 3.63) is 29.7 Å². The van der Waals surface area contributed by atoms with Gasteiger partial charge < -0.3 is 9.51 Å². The molecule has 0 spiro atoms. The van der Waals surface area contributed by atoms with Gasteiger partial charge in [0.05, 0.1) is 11.1 Å². The largest absolute Gasteiger partial charge is 0.465 e. The molecule has 0 aliphatic carbocycles. The third-order valence-corrected chi connectivity index (χ3v) is 4.67. The maximum Gasteiger partial charge on any atom is 0.408 e. The molecule has 1 amide bonds. The summed E-state index contributed by atoms with van der Waals surface area (Å²) in [6.45, 7) is 11.6. The third-order valence-electron chi connectivity index (χ3n) is 4.00. The average Bonchev–Trinajstić information content (AvgIpc) is 2.76. The summed E-state index contributed by atoms with van der Waals surface area (Å²) in [4.78, 5) is 18.2. The zero-order chi connectivity index (χ0) is 17.6. The standard InChI is InChI=1S/C17H25N3O2S/c1-11-9-8-10-19-12(11)13(23-7)18-14(19)17(5,6)20(15(21)22)16(2,3)4/h8-10H,1-7H3,(H,21,22).